The average molecular weight is 255 g/mol. The third-order valence-electron chi connectivity index (χ3n) is 2.78. The number of aromatic amines is 1. The number of carbonyl (C=O) groups excluding carboxylic acids is 1. The van der Waals surface area contributed by atoms with Crippen molar-refractivity contribution in [3.63, 3.8) is 0 Å². The van der Waals surface area contributed by atoms with Gasteiger partial charge in [-0.05, 0) is 18.2 Å². The van der Waals surface area contributed by atoms with Crippen LogP contribution in [-0.4, -0.2) is 10.2 Å². The molecule has 1 heterocycles. The number of rotatable bonds is 2. The van der Waals surface area contributed by atoms with Gasteiger partial charge in [-0.25, -0.2) is 0 Å². The van der Waals surface area contributed by atoms with Crippen LogP contribution in [0.4, 0.5) is 0 Å². The van der Waals surface area contributed by atoms with E-state index < -0.39 is 0 Å². The van der Waals surface area contributed by atoms with Crippen LogP contribution >= 0.6 is 11.5 Å². The van der Waals surface area contributed by atoms with E-state index in [1.807, 2.05) is 18.2 Å². The maximum Gasteiger partial charge on any atom is 0.265 e. The van der Waals surface area contributed by atoms with Gasteiger partial charge in [-0.2, -0.15) is 0 Å². The molecular formula is C14H9NO2S. The Labute approximate surface area is 107 Å². The first-order valence-corrected chi connectivity index (χ1v) is 6.28. The highest BCUT2D eigenvalue weighted by atomic mass is 32.1. The highest BCUT2D eigenvalue weighted by Gasteiger charge is 2.10. The van der Waals surface area contributed by atoms with Gasteiger partial charge in [-0.15, -0.1) is 0 Å². The Morgan fingerprint density at radius 2 is 1.78 bits per heavy atom. The minimum atomic E-state index is -0.141. The number of carbonyl (C=O) groups is 1. The highest BCUT2D eigenvalue weighted by molar-refractivity contribution is 7.13. The van der Waals surface area contributed by atoms with E-state index in [0.717, 1.165) is 4.70 Å². The minimum absolute atomic E-state index is 0.0666. The van der Waals surface area contributed by atoms with Crippen LogP contribution in [0.25, 0.3) is 10.1 Å². The van der Waals surface area contributed by atoms with Crippen LogP contribution in [-0.2, 0) is 0 Å². The van der Waals surface area contributed by atoms with Gasteiger partial charge in [0.25, 0.3) is 5.56 Å². The van der Waals surface area contributed by atoms with Crippen LogP contribution in [0, 0.1) is 0 Å². The molecule has 88 valence electrons. The third-order valence-corrected chi connectivity index (χ3v) is 3.64. The van der Waals surface area contributed by atoms with E-state index in [0.29, 0.717) is 16.5 Å². The summed E-state index contributed by atoms with van der Waals surface area (Å²) in [6.45, 7) is 0. The topological polar surface area (TPSA) is 49.9 Å². The second-order valence-corrected chi connectivity index (χ2v) is 4.79. The summed E-state index contributed by atoms with van der Waals surface area (Å²) in [4.78, 5) is 23.7. The Morgan fingerprint density at radius 3 is 2.56 bits per heavy atom. The number of hydrogen-bond acceptors (Lipinski definition) is 3. The zero-order valence-electron chi connectivity index (χ0n) is 9.34. The second-order valence-electron chi connectivity index (χ2n) is 3.94. The summed E-state index contributed by atoms with van der Waals surface area (Å²) in [6.07, 6.45) is 0. The standard InChI is InChI=1S/C14H9NO2S/c16-13(9-4-2-1-3-5-9)10-6-7-12-11(8-10)14(17)15-18-12/h1-8H,(H,15,17). The Balaban J connectivity index is 2.12. The molecule has 1 N–H and O–H groups in total. The van der Waals surface area contributed by atoms with Crippen molar-refractivity contribution in [3.05, 3.63) is 70.0 Å². The molecule has 0 unspecified atom stereocenters. The first kappa shape index (κ1) is 10.9. The van der Waals surface area contributed by atoms with E-state index in [2.05, 4.69) is 4.37 Å². The summed E-state index contributed by atoms with van der Waals surface area (Å²) in [5, 5.41) is 0.571. The zero-order chi connectivity index (χ0) is 12.5. The molecule has 0 aliphatic heterocycles. The van der Waals surface area contributed by atoms with E-state index in [4.69, 9.17) is 0 Å². The maximum atomic E-state index is 12.2. The molecule has 3 aromatic rings. The fourth-order valence-electron chi connectivity index (χ4n) is 1.85. The molecule has 0 spiro atoms. The maximum absolute atomic E-state index is 12.2. The van der Waals surface area contributed by atoms with Crippen molar-refractivity contribution in [2.45, 2.75) is 0 Å². The summed E-state index contributed by atoms with van der Waals surface area (Å²) in [7, 11) is 0. The second kappa shape index (κ2) is 4.23. The molecule has 0 saturated heterocycles. The van der Waals surface area contributed by atoms with Gasteiger partial charge in [-0.1, -0.05) is 41.9 Å². The van der Waals surface area contributed by atoms with Gasteiger partial charge in [0.15, 0.2) is 5.78 Å². The minimum Gasteiger partial charge on any atom is -0.289 e. The summed E-state index contributed by atoms with van der Waals surface area (Å²) in [6, 6.07) is 14.3. The molecule has 4 heteroatoms. The number of nitrogens with one attached hydrogen (secondary N) is 1. The van der Waals surface area contributed by atoms with Crippen LogP contribution in [0.1, 0.15) is 15.9 Å². The van der Waals surface area contributed by atoms with Gasteiger partial charge in [-0.3, -0.25) is 14.0 Å². The van der Waals surface area contributed by atoms with E-state index >= 15 is 0 Å². The van der Waals surface area contributed by atoms with Crippen LogP contribution in [0.3, 0.4) is 0 Å². The molecule has 0 aliphatic rings. The molecular weight excluding hydrogens is 246 g/mol. The van der Waals surface area contributed by atoms with Crippen molar-refractivity contribution in [1.29, 1.82) is 0 Å². The van der Waals surface area contributed by atoms with Crippen molar-refractivity contribution in [2.75, 3.05) is 0 Å². The van der Waals surface area contributed by atoms with Gasteiger partial charge >= 0.3 is 0 Å². The predicted octanol–water partition coefficient (Wildman–Crippen LogP) is 2.82. The lowest BCUT2D eigenvalue weighted by Gasteiger charge is -2.00. The molecule has 0 radical (unpaired) electrons. The van der Waals surface area contributed by atoms with Gasteiger partial charge in [0.05, 0.1) is 10.1 Å². The number of fused-ring (bicyclic) bond motifs is 1. The van der Waals surface area contributed by atoms with Crippen molar-refractivity contribution >= 4 is 27.4 Å². The summed E-state index contributed by atoms with van der Waals surface area (Å²) < 4.78 is 3.52. The Hall–Kier alpha value is -2.20. The summed E-state index contributed by atoms with van der Waals surface area (Å²) >= 11 is 1.28. The highest BCUT2D eigenvalue weighted by Crippen LogP contribution is 2.18. The van der Waals surface area contributed by atoms with Crippen LogP contribution in [0.15, 0.2) is 53.3 Å². The van der Waals surface area contributed by atoms with Crippen molar-refractivity contribution < 1.29 is 4.79 Å². The third kappa shape index (κ3) is 1.76. The number of hydrogen-bond donors (Lipinski definition) is 1. The van der Waals surface area contributed by atoms with Crippen molar-refractivity contribution in [3.8, 4) is 0 Å². The lowest BCUT2D eigenvalue weighted by Crippen LogP contribution is -2.02. The van der Waals surface area contributed by atoms with Crippen molar-refractivity contribution in [1.82, 2.24) is 4.37 Å². The molecule has 3 nitrogen and oxygen atoms in total. The molecule has 1 aromatic heterocycles. The summed E-state index contributed by atoms with van der Waals surface area (Å²) in [5.74, 6) is -0.0666. The normalized spacial score (nSPS) is 10.7. The van der Waals surface area contributed by atoms with Crippen molar-refractivity contribution in [2.24, 2.45) is 0 Å². The number of ketones is 1. The number of benzene rings is 2. The molecule has 0 aliphatic carbocycles. The largest absolute Gasteiger partial charge is 0.289 e. The molecule has 0 bridgehead atoms. The van der Waals surface area contributed by atoms with Gasteiger partial charge in [0.2, 0.25) is 0 Å². The van der Waals surface area contributed by atoms with Gasteiger partial charge < -0.3 is 0 Å². The first-order chi connectivity index (χ1) is 8.75. The lowest BCUT2D eigenvalue weighted by atomic mass is 10.0. The molecule has 0 fully saturated rings. The summed E-state index contributed by atoms with van der Waals surface area (Å²) in [5.41, 5.74) is 1.03. The SMILES string of the molecule is O=C(c1ccccc1)c1ccc2s[nH]c(=O)c2c1. The predicted molar refractivity (Wildman–Crippen MR) is 72.3 cm³/mol. The number of H-pyrrole nitrogens is 1. The first-order valence-electron chi connectivity index (χ1n) is 5.47. The molecule has 0 atom stereocenters. The Bertz CT molecular complexity index is 771. The Morgan fingerprint density at radius 1 is 1.00 bits per heavy atom. The quantitative estimate of drug-likeness (QED) is 0.716. The van der Waals surface area contributed by atoms with E-state index in [-0.39, 0.29) is 11.3 Å². The fourth-order valence-corrected chi connectivity index (χ4v) is 2.56. The molecule has 0 amide bonds. The van der Waals surface area contributed by atoms with Gasteiger partial charge in [0, 0.05) is 11.1 Å². The lowest BCUT2D eigenvalue weighted by molar-refractivity contribution is 0.103. The average Bonchev–Trinajstić information content (AvgIpc) is 2.80. The van der Waals surface area contributed by atoms with E-state index in [1.54, 1.807) is 30.3 Å². The fraction of sp³-hybridized carbons (Fsp3) is 0. The molecule has 2 aromatic carbocycles. The smallest absolute Gasteiger partial charge is 0.265 e. The molecule has 3 rings (SSSR count). The van der Waals surface area contributed by atoms with Gasteiger partial charge in [0.1, 0.15) is 0 Å². The van der Waals surface area contributed by atoms with E-state index in [9.17, 15) is 9.59 Å². The monoisotopic (exact) mass is 255 g/mol. The Kier molecular flexibility index (Phi) is 2.57. The number of aromatic nitrogens is 1. The molecule has 18 heavy (non-hydrogen) atoms. The van der Waals surface area contributed by atoms with Crippen LogP contribution < -0.4 is 5.56 Å². The molecule has 0 saturated carbocycles. The zero-order valence-corrected chi connectivity index (χ0v) is 10.2. The van der Waals surface area contributed by atoms with Crippen LogP contribution in [0.5, 0.6) is 0 Å². The van der Waals surface area contributed by atoms with E-state index in [1.165, 1.54) is 11.5 Å². The van der Waals surface area contributed by atoms with Crippen LogP contribution in [0.2, 0.25) is 0 Å².